The Morgan fingerprint density at radius 3 is 2.40 bits per heavy atom. The van der Waals surface area contributed by atoms with E-state index in [-0.39, 0.29) is 0 Å². The summed E-state index contributed by atoms with van der Waals surface area (Å²) in [5.41, 5.74) is 0.0609. The van der Waals surface area contributed by atoms with E-state index in [2.05, 4.69) is 25.7 Å². The molecule has 0 saturated carbocycles. The molecule has 0 aliphatic rings. The van der Waals surface area contributed by atoms with Crippen molar-refractivity contribution in [2.75, 3.05) is 0 Å². The Morgan fingerprint density at radius 1 is 1.27 bits per heavy atom. The molecular formula is C14H18O. The highest BCUT2D eigenvalue weighted by Gasteiger charge is 2.18. The summed E-state index contributed by atoms with van der Waals surface area (Å²) in [6, 6.07) is 9.73. The van der Waals surface area contributed by atoms with Crippen molar-refractivity contribution in [1.29, 1.82) is 0 Å². The lowest BCUT2D eigenvalue weighted by Gasteiger charge is -2.18. The highest BCUT2D eigenvalue weighted by Crippen LogP contribution is 2.15. The van der Waals surface area contributed by atoms with E-state index in [1.54, 1.807) is 6.92 Å². The molecule has 0 aromatic heterocycles. The first-order chi connectivity index (χ1) is 6.99. The second kappa shape index (κ2) is 5.00. The summed E-state index contributed by atoms with van der Waals surface area (Å²) in [6.07, 6.45) is 0.701. The Bertz CT molecular complexity index is 352. The summed E-state index contributed by atoms with van der Waals surface area (Å²) < 4.78 is 0. The zero-order chi connectivity index (χ0) is 11.3. The zero-order valence-electron chi connectivity index (χ0n) is 9.62. The molecule has 0 aliphatic heterocycles. The fourth-order valence-electron chi connectivity index (χ4n) is 1.57. The van der Waals surface area contributed by atoms with Gasteiger partial charge in [-0.15, -0.1) is 0 Å². The Hall–Kier alpha value is -1.26. The third-order valence-corrected chi connectivity index (χ3v) is 2.06. The largest absolute Gasteiger partial charge is 0.378 e. The molecule has 0 spiro atoms. The molecule has 1 unspecified atom stereocenters. The van der Waals surface area contributed by atoms with Gasteiger partial charge in [-0.1, -0.05) is 43.9 Å². The number of rotatable bonds is 2. The van der Waals surface area contributed by atoms with Gasteiger partial charge >= 0.3 is 0 Å². The molecule has 0 bridgehead atoms. The van der Waals surface area contributed by atoms with Gasteiger partial charge in [-0.3, -0.25) is 0 Å². The van der Waals surface area contributed by atoms with E-state index < -0.39 is 5.60 Å². The maximum absolute atomic E-state index is 9.97. The van der Waals surface area contributed by atoms with E-state index in [1.807, 2.05) is 30.3 Å². The van der Waals surface area contributed by atoms with Crippen LogP contribution in [0.5, 0.6) is 0 Å². The second-order valence-electron chi connectivity index (χ2n) is 4.49. The standard InChI is InChI=1S/C14H18O/c1-12(2)11-14(3,15)10-9-13-7-5-4-6-8-13/h4-8,12,15H,11H2,1-3H3. The molecule has 0 aliphatic carbocycles. The maximum atomic E-state index is 9.97. The van der Waals surface area contributed by atoms with Crippen LogP contribution >= 0.6 is 0 Å². The molecule has 15 heavy (non-hydrogen) atoms. The summed E-state index contributed by atoms with van der Waals surface area (Å²) >= 11 is 0. The Morgan fingerprint density at radius 2 is 1.87 bits per heavy atom. The van der Waals surface area contributed by atoms with E-state index in [4.69, 9.17) is 0 Å². The van der Waals surface area contributed by atoms with Gasteiger partial charge in [-0.25, -0.2) is 0 Å². The Kier molecular flexibility index (Phi) is 3.94. The van der Waals surface area contributed by atoms with Gasteiger partial charge in [0.1, 0.15) is 5.60 Å². The van der Waals surface area contributed by atoms with Crippen molar-refractivity contribution in [2.45, 2.75) is 32.8 Å². The minimum absolute atomic E-state index is 0.449. The van der Waals surface area contributed by atoms with E-state index in [9.17, 15) is 5.11 Å². The third-order valence-electron chi connectivity index (χ3n) is 2.06. The normalized spacial score (nSPS) is 14.2. The number of hydrogen-bond donors (Lipinski definition) is 1. The van der Waals surface area contributed by atoms with Crippen molar-refractivity contribution >= 4 is 0 Å². The minimum atomic E-state index is -0.885. The van der Waals surface area contributed by atoms with Crippen molar-refractivity contribution in [3.8, 4) is 11.8 Å². The topological polar surface area (TPSA) is 20.2 Å². The van der Waals surface area contributed by atoms with Crippen LogP contribution < -0.4 is 0 Å². The molecule has 1 nitrogen and oxygen atoms in total. The SMILES string of the molecule is CC(C)CC(C)(O)C#Cc1ccccc1. The first-order valence-electron chi connectivity index (χ1n) is 5.30. The molecule has 0 saturated heterocycles. The summed E-state index contributed by atoms with van der Waals surface area (Å²) in [5.74, 6) is 6.35. The van der Waals surface area contributed by atoms with Crippen molar-refractivity contribution in [2.24, 2.45) is 5.92 Å². The number of aliphatic hydroxyl groups is 1. The predicted molar refractivity (Wildman–Crippen MR) is 63.4 cm³/mol. The van der Waals surface area contributed by atoms with Crippen LogP contribution in [0.4, 0.5) is 0 Å². The fraction of sp³-hybridized carbons (Fsp3) is 0.429. The van der Waals surface area contributed by atoms with Crippen molar-refractivity contribution in [1.82, 2.24) is 0 Å². The van der Waals surface area contributed by atoms with Crippen LogP contribution in [0.1, 0.15) is 32.8 Å². The Labute approximate surface area is 92.1 Å². The quantitative estimate of drug-likeness (QED) is 0.731. The molecule has 1 aromatic carbocycles. The highest BCUT2D eigenvalue weighted by atomic mass is 16.3. The maximum Gasteiger partial charge on any atom is 0.123 e. The van der Waals surface area contributed by atoms with Crippen LogP contribution in [-0.4, -0.2) is 10.7 Å². The van der Waals surface area contributed by atoms with E-state index in [1.165, 1.54) is 0 Å². The molecule has 1 N–H and O–H groups in total. The summed E-state index contributed by atoms with van der Waals surface area (Å²) in [6.45, 7) is 5.93. The Balaban J connectivity index is 2.73. The average Bonchev–Trinajstić information content (AvgIpc) is 2.15. The van der Waals surface area contributed by atoms with Crippen LogP contribution in [0.15, 0.2) is 30.3 Å². The van der Waals surface area contributed by atoms with E-state index >= 15 is 0 Å². The average molecular weight is 202 g/mol. The zero-order valence-corrected chi connectivity index (χ0v) is 9.62. The van der Waals surface area contributed by atoms with Crippen molar-refractivity contribution in [3.05, 3.63) is 35.9 Å². The van der Waals surface area contributed by atoms with Crippen LogP contribution in [-0.2, 0) is 0 Å². The van der Waals surface area contributed by atoms with E-state index in [0.717, 1.165) is 5.56 Å². The predicted octanol–water partition coefficient (Wildman–Crippen LogP) is 2.84. The van der Waals surface area contributed by atoms with Gasteiger partial charge in [-0.2, -0.15) is 0 Å². The molecule has 0 radical (unpaired) electrons. The van der Waals surface area contributed by atoms with Crippen LogP contribution in [0.3, 0.4) is 0 Å². The van der Waals surface area contributed by atoms with Gasteiger partial charge in [0, 0.05) is 5.56 Å². The monoisotopic (exact) mass is 202 g/mol. The van der Waals surface area contributed by atoms with Gasteiger partial charge in [0.2, 0.25) is 0 Å². The van der Waals surface area contributed by atoms with Crippen LogP contribution in [0, 0.1) is 17.8 Å². The second-order valence-corrected chi connectivity index (χ2v) is 4.49. The molecule has 80 valence electrons. The molecule has 1 heteroatoms. The third kappa shape index (κ3) is 4.67. The minimum Gasteiger partial charge on any atom is -0.378 e. The lowest BCUT2D eigenvalue weighted by atomic mass is 9.95. The lowest BCUT2D eigenvalue weighted by Crippen LogP contribution is -2.23. The molecule has 1 rings (SSSR count). The number of benzene rings is 1. The molecular weight excluding hydrogens is 184 g/mol. The number of hydrogen-bond acceptors (Lipinski definition) is 1. The van der Waals surface area contributed by atoms with Crippen LogP contribution in [0.2, 0.25) is 0 Å². The smallest absolute Gasteiger partial charge is 0.123 e. The molecule has 0 amide bonds. The molecule has 0 fully saturated rings. The summed E-state index contributed by atoms with van der Waals surface area (Å²) in [4.78, 5) is 0. The van der Waals surface area contributed by atoms with Crippen LogP contribution in [0.25, 0.3) is 0 Å². The van der Waals surface area contributed by atoms with Gasteiger partial charge < -0.3 is 5.11 Å². The van der Waals surface area contributed by atoms with Gasteiger partial charge in [-0.05, 0) is 31.4 Å². The van der Waals surface area contributed by atoms with Crippen molar-refractivity contribution < 1.29 is 5.11 Å². The highest BCUT2D eigenvalue weighted by molar-refractivity contribution is 5.35. The summed E-state index contributed by atoms with van der Waals surface area (Å²) in [7, 11) is 0. The fourth-order valence-corrected chi connectivity index (χ4v) is 1.57. The van der Waals surface area contributed by atoms with Gasteiger partial charge in [0.25, 0.3) is 0 Å². The lowest BCUT2D eigenvalue weighted by molar-refractivity contribution is 0.0976. The first-order valence-corrected chi connectivity index (χ1v) is 5.30. The molecule has 0 heterocycles. The first kappa shape index (κ1) is 11.8. The molecule has 1 aromatic rings. The van der Waals surface area contributed by atoms with E-state index in [0.29, 0.717) is 12.3 Å². The van der Waals surface area contributed by atoms with Gasteiger partial charge in [0.05, 0.1) is 0 Å². The molecule has 1 atom stereocenters. The van der Waals surface area contributed by atoms with Gasteiger partial charge in [0.15, 0.2) is 0 Å². The van der Waals surface area contributed by atoms with Crippen molar-refractivity contribution in [3.63, 3.8) is 0 Å². The summed E-state index contributed by atoms with van der Waals surface area (Å²) in [5, 5.41) is 9.97.